The zero-order valence-electron chi connectivity index (χ0n) is 16.6. The van der Waals surface area contributed by atoms with Gasteiger partial charge in [0.15, 0.2) is 5.78 Å². The maximum absolute atomic E-state index is 13.1. The molecule has 0 fully saturated rings. The number of hydrogen-bond donors (Lipinski definition) is 1. The molecule has 5 nitrogen and oxygen atoms in total. The third-order valence-corrected chi connectivity index (χ3v) is 5.16. The van der Waals surface area contributed by atoms with Crippen LogP contribution in [0.1, 0.15) is 52.0 Å². The van der Waals surface area contributed by atoms with Gasteiger partial charge >= 0.3 is 5.97 Å². The molecular weight excluding hydrogens is 342 g/mol. The summed E-state index contributed by atoms with van der Waals surface area (Å²) in [6.45, 7) is 8.12. The van der Waals surface area contributed by atoms with Gasteiger partial charge in [0.2, 0.25) is 0 Å². The van der Waals surface area contributed by atoms with Crippen LogP contribution in [-0.2, 0) is 14.3 Å². The van der Waals surface area contributed by atoms with Crippen LogP contribution in [0.3, 0.4) is 0 Å². The molecule has 1 N–H and O–H groups in total. The lowest BCUT2D eigenvalue weighted by Crippen LogP contribution is -2.38. The molecule has 0 bridgehead atoms. The highest BCUT2D eigenvalue weighted by molar-refractivity contribution is 6.04. The monoisotopic (exact) mass is 369 g/mol. The van der Waals surface area contributed by atoms with E-state index in [2.05, 4.69) is 19.2 Å². The highest BCUT2D eigenvalue weighted by Crippen LogP contribution is 2.47. The molecule has 0 amide bonds. The van der Waals surface area contributed by atoms with E-state index in [1.807, 2.05) is 31.2 Å². The molecule has 0 aromatic heterocycles. The Kier molecular flexibility index (Phi) is 5.13. The lowest BCUT2D eigenvalue weighted by Gasteiger charge is -2.39. The second-order valence-corrected chi connectivity index (χ2v) is 7.93. The number of ketones is 1. The molecule has 0 spiro atoms. The van der Waals surface area contributed by atoms with Crippen molar-refractivity contribution in [3.8, 4) is 5.75 Å². The molecule has 1 heterocycles. The highest BCUT2D eigenvalue weighted by atomic mass is 16.5. The van der Waals surface area contributed by atoms with E-state index in [4.69, 9.17) is 9.47 Å². The Morgan fingerprint density at radius 3 is 2.70 bits per heavy atom. The van der Waals surface area contributed by atoms with Gasteiger partial charge in [-0.25, -0.2) is 4.79 Å². The molecule has 1 aliphatic heterocycles. The van der Waals surface area contributed by atoms with Crippen molar-refractivity contribution in [2.45, 2.75) is 46.5 Å². The van der Waals surface area contributed by atoms with E-state index < -0.39 is 5.92 Å². The molecule has 0 radical (unpaired) electrons. The molecule has 0 saturated heterocycles. The smallest absolute Gasteiger partial charge is 0.336 e. The summed E-state index contributed by atoms with van der Waals surface area (Å²) in [7, 11) is 1.61. The second-order valence-electron chi connectivity index (χ2n) is 7.93. The first-order valence-electron chi connectivity index (χ1n) is 9.32. The summed E-state index contributed by atoms with van der Waals surface area (Å²) in [6.07, 6.45) is 1.23. The summed E-state index contributed by atoms with van der Waals surface area (Å²) in [4.78, 5) is 25.9. The Morgan fingerprint density at radius 2 is 2.04 bits per heavy atom. The fraction of sp³-hybridized carbons (Fsp3) is 0.455. The van der Waals surface area contributed by atoms with Crippen molar-refractivity contribution in [3.05, 3.63) is 52.4 Å². The standard InChI is InChI=1S/C22H27NO4/c1-6-27-21(25)18-13(2)23-16-11-22(3,4)12-17(24)20(16)19(18)14-8-7-9-15(10-14)26-5/h7-10,19,23H,6,11-12H2,1-5H3/t19-/m0/s1. The van der Waals surface area contributed by atoms with Gasteiger partial charge in [-0.3, -0.25) is 4.79 Å². The van der Waals surface area contributed by atoms with Crippen LogP contribution in [0, 0.1) is 5.41 Å². The van der Waals surface area contributed by atoms with E-state index in [-0.39, 0.29) is 23.8 Å². The molecule has 1 aliphatic carbocycles. The number of hydrogen-bond acceptors (Lipinski definition) is 5. The zero-order valence-corrected chi connectivity index (χ0v) is 16.6. The largest absolute Gasteiger partial charge is 0.497 e. The molecule has 0 saturated carbocycles. The number of allylic oxidation sites excluding steroid dienone is 3. The number of benzene rings is 1. The molecule has 5 heteroatoms. The van der Waals surface area contributed by atoms with Gasteiger partial charge in [0, 0.05) is 29.3 Å². The number of carbonyl (C=O) groups excluding carboxylic acids is 2. The Labute approximate surface area is 160 Å². The number of methoxy groups -OCH3 is 1. The Bertz CT molecular complexity index is 848. The Morgan fingerprint density at radius 1 is 1.30 bits per heavy atom. The molecule has 2 aliphatic rings. The maximum atomic E-state index is 13.1. The SMILES string of the molecule is CCOC(=O)C1=C(C)NC2=C(C(=O)CC(C)(C)C2)[C@H]1c1cccc(OC)c1. The van der Waals surface area contributed by atoms with Crippen molar-refractivity contribution in [1.29, 1.82) is 0 Å². The van der Waals surface area contributed by atoms with Crippen LogP contribution in [0.2, 0.25) is 0 Å². The Hall–Kier alpha value is -2.56. The highest BCUT2D eigenvalue weighted by Gasteiger charge is 2.43. The average molecular weight is 369 g/mol. The van der Waals surface area contributed by atoms with Crippen LogP contribution < -0.4 is 10.1 Å². The van der Waals surface area contributed by atoms with Crippen molar-refractivity contribution in [2.75, 3.05) is 13.7 Å². The minimum Gasteiger partial charge on any atom is -0.497 e. The van der Waals surface area contributed by atoms with Crippen LogP contribution in [0.15, 0.2) is 46.8 Å². The van der Waals surface area contributed by atoms with Crippen LogP contribution in [0.25, 0.3) is 0 Å². The molecule has 1 aromatic rings. The first-order valence-corrected chi connectivity index (χ1v) is 9.32. The maximum Gasteiger partial charge on any atom is 0.336 e. The average Bonchev–Trinajstić information content (AvgIpc) is 2.59. The summed E-state index contributed by atoms with van der Waals surface area (Å²) in [5, 5.41) is 3.33. The van der Waals surface area contributed by atoms with Gasteiger partial charge in [0.1, 0.15) is 5.75 Å². The normalized spacial score (nSPS) is 21.5. The molecular formula is C22H27NO4. The summed E-state index contributed by atoms with van der Waals surface area (Å²) in [5.41, 5.74) is 3.58. The first kappa shape index (κ1) is 19.2. The number of Topliss-reactive ketones (excluding diaryl/α,β-unsaturated/α-hetero) is 1. The predicted molar refractivity (Wildman–Crippen MR) is 103 cm³/mol. The van der Waals surface area contributed by atoms with Gasteiger partial charge in [0.25, 0.3) is 0 Å². The number of rotatable bonds is 4. The van der Waals surface area contributed by atoms with Gasteiger partial charge in [-0.1, -0.05) is 26.0 Å². The van der Waals surface area contributed by atoms with Gasteiger partial charge in [-0.05, 0) is 43.4 Å². The van der Waals surface area contributed by atoms with Crippen molar-refractivity contribution in [3.63, 3.8) is 0 Å². The van der Waals surface area contributed by atoms with E-state index in [1.165, 1.54) is 0 Å². The third kappa shape index (κ3) is 3.64. The van der Waals surface area contributed by atoms with Crippen LogP contribution in [0.4, 0.5) is 0 Å². The van der Waals surface area contributed by atoms with Crippen molar-refractivity contribution >= 4 is 11.8 Å². The van der Waals surface area contributed by atoms with Gasteiger partial charge < -0.3 is 14.8 Å². The minimum atomic E-state index is -0.445. The summed E-state index contributed by atoms with van der Waals surface area (Å²) < 4.78 is 10.7. The number of dihydropyridines is 1. The zero-order chi connectivity index (χ0) is 19.8. The summed E-state index contributed by atoms with van der Waals surface area (Å²) in [5.74, 6) is -0.0630. The predicted octanol–water partition coefficient (Wildman–Crippen LogP) is 3.86. The Balaban J connectivity index is 2.18. The van der Waals surface area contributed by atoms with Crippen LogP contribution in [0.5, 0.6) is 5.75 Å². The summed E-state index contributed by atoms with van der Waals surface area (Å²) >= 11 is 0. The van der Waals surface area contributed by atoms with E-state index >= 15 is 0 Å². The topological polar surface area (TPSA) is 64.6 Å². The second kappa shape index (κ2) is 7.22. The van der Waals surface area contributed by atoms with Crippen molar-refractivity contribution in [1.82, 2.24) is 5.32 Å². The van der Waals surface area contributed by atoms with Crippen LogP contribution >= 0.6 is 0 Å². The fourth-order valence-corrected chi connectivity index (χ4v) is 4.07. The van der Waals surface area contributed by atoms with Crippen molar-refractivity contribution in [2.24, 2.45) is 5.41 Å². The summed E-state index contributed by atoms with van der Waals surface area (Å²) in [6, 6.07) is 7.56. The lowest BCUT2D eigenvalue weighted by molar-refractivity contribution is -0.138. The van der Waals surface area contributed by atoms with Gasteiger partial charge in [-0.2, -0.15) is 0 Å². The molecule has 1 atom stereocenters. The molecule has 1 aromatic carbocycles. The minimum absolute atomic E-state index is 0.0795. The number of esters is 1. The van der Waals surface area contributed by atoms with E-state index in [1.54, 1.807) is 14.0 Å². The van der Waals surface area contributed by atoms with Crippen LogP contribution in [-0.4, -0.2) is 25.5 Å². The number of carbonyl (C=O) groups is 2. The quantitative estimate of drug-likeness (QED) is 0.817. The molecule has 3 rings (SSSR count). The van der Waals surface area contributed by atoms with E-state index in [0.717, 1.165) is 23.4 Å². The first-order chi connectivity index (χ1) is 12.8. The molecule has 27 heavy (non-hydrogen) atoms. The number of nitrogens with one attached hydrogen (secondary N) is 1. The van der Waals surface area contributed by atoms with E-state index in [0.29, 0.717) is 23.3 Å². The van der Waals surface area contributed by atoms with Gasteiger partial charge in [-0.15, -0.1) is 0 Å². The molecule has 0 unspecified atom stereocenters. The fourth-order valence-electron chi connectivity index (χ4n) is 4.07. The van der Waals surface area contributed by atoms with E-state index in [9.17, 15) is 9.59 Å². The van der Waals surface area contributed by atoms with Gasteiger partial charge in [0.05, 0.1) is 19.3 Å². The third-order valence-electron chi connectivity index (χ3n) is 5.16. The number of ether oxygens (including phenoxy) is 2. The lowest BCUT2D eigenvalue weighted by atomic mass is 9.68. The van der Waals surface area contributed by atoms with Crippen molar-refractivity contribution < 1.29 is 19.1 Å². The molecule has 144 valence electrons.